The Morgan fingerprint density at radius 2 is 2.00 bits per heavy atom. The third kappa shape index (κ3) is 3.65. The Balaban J connectivity index is 1.66. The van der Waals surface area contributed by atoms with Crippen LogP contribution in [-0.2, 0) is 0 Å². The van der Waals surface area contributed by atoms with E-state index in [0.717, 1.165) is 24.6 Å². The van der Waals surface area contributed by atoms with Gasteiger partial charge >= 0.3 is 0 Å². The van der Waals surface area contributed by atoms with E-state index in [0.29, 0.717) is 24.5 Å². The van der Waals surface area contributed by atoms with Gasteiger partial charge in [0.25, 0.3) is 11.8 Å². The quantitative estimate of drug-likeness (QED) is 0.852. The van der Waals surface area contributed by atoms with Crippen molar-refractivity contribution in [1.82, 2.24) is 14.6 Å². The van der Waals surface area contributed by atoms with Crippen LogP contribution in [0, 0.1) is 6.92 Å². The molecule has 26 heavy (non-hydrogen) atoms. The number of anilines is 2. The highest BCUT2D eigenvalue weighted by atomic mass is 32.1. The summed E-state index contributed by atoms with van der Waals surface area (Å²) in [6.07, 6.45) is 0. The third-order valence-corrected chi connectivity index (χ3v) is 5.26. The van der Waals surface area contributed by atoms with Crippen LogP contribution in [0.4, 0.5) is 11.4 Å². The van der Waals surface area contributed by atoms with E-state index in [1.165, 1.54) is 11.3 Å². The van der Waals surface area contributed by atoms with E-state index < -0.39 is 0 Å². The number of nitrogen functional groups attached to an aromatic ring is 1. The first kappa shape index (κ1) is 18.2. The summed E-state index contributed by atoms with van der Waals surface area (Å²) in [4.78, 5) is 29.1. The number of carbonyl (C=O) groups is 2. The summed E-state index contributed by atoms with van der Waals surface area (Å²) >= 11 is 0.991. The van der Waals surface area contributed by atoms with Crippen LogP contribution in [0.2, 0.25) is 0 Å². The number of nitrogens with one attached hydrogen (secondary N) is 1. The molecule has 1 aromatic carbocycles. The number of piperazine rings is 1. The molecule has 1 aromatic heterocycles. The number of rotatable bonds is 4. The lowest BCUT2D eigenvalue weighted by Crippen LogP contribution is -2.48. The Morgan fingerprint density at radius 3 is 2.65 bits per heavy atom. The maximum absolute atomic E-state index is 12.8. The molecule has 138 valence electrons. The Bertz CT molecular complexity index is 812. The molecule has 8 heteroatoms. The molecule has 0 radical (unpaired) electrons. The molecule has 3 rings (SSSR count). The van der Waals surface area contributed by atoms with Crippen molar-refractivity contribution in [3.8, 4) is 0 Å². The van der Waals surface area contributed by atoms with Gasteiger partial charge in [-0.25, -0.2) is 0 Å². The van der Waals surface area contributed by atoms with Crippen LogP contribution in [0.3, 0.4) is 0 Å². The van der Waals surface area contributed by atoms with Gasteiger partial charge in [0, 0.05) is 38.4 Å². The van der Waals surface area contributed by atoms with Gasteiger partial charge in [0.15, 0.2) is 5.69 Å². The normalized spacial score (nSPS) is 14.4. The van der Waals surface area contributed by atoms with Gasteiger partial charge in [0.1, 0.15) is 4.88 Å². The molecular weight excluding hydrogens is 350 g/mol. The number of carbonyl (C=O) groups excluding carboxylic acids is 2. The number of aromatic nitrogens is 1. The zero-order valence-corrected chi connectivity index (χ0v) is 15.8. The molecule has 1 aliphatic heterocycles. The lowest BCUT2D eigenvalue weighted by molar-refractivity contribution is 0.0752. The fourth-order valence-electron chi connectivity index (χ4n) is 3.00. The molecule has 0 aliphatic carbocycles. The number of hydrogen-bond acceptors (Lipinski definition) is 6. The van der Waals surface area contributed by atoms with E-state index in [9.17, 15) is 9.59 Å². The van der Waals surface area contributed by atoms with Crippen molar-refractivity contribution in [2.24, 2.45) is 0 Å². The van der Waals surface area contributed by atoms with Crippen LogP contribution in [0.15, 0.2) is 24.3 Å². The monoisotopic (exact) mass is 373 g/mol. The SMILES string of the molecule is CCNC(=O)c1nsc(C(=O)N2CCN(c3cccc(C)c3)CC2)c1N. The predicted octanol–water partition coefficient (Wildman–Crippen LogP) is 1.75. The molecule has 1 fully saturated rings. The third-order valence-electron chi connectivity index (χ3n) is 4.41. The standard InChI is InChI=1S/C18H23N5O2S/c1-3-20-17(24)15-14(19)16(26-21-15)18(25)23-9-7-22(8-10-23)13-6-4-5-12(2)11-13/h4-6,11H,3,7-10,19H2,1-2H3,(H,20,24). The number of nitrogens with two attached hydrogens (primary N) is 1. The number of benzene rings is 1. The van der Waals surface area contributed by atoms with Crippen LogP contribution in [0.5, 0.6) is 0 Å². The number of nitrogens with zero attached hydrogens (tertiary/aromatic N) is 3. The molecule has 1 saturated heterocycles. The lowest BCUT2D eigenvalue weighted by atomic mass is 10.2. The zero-order chi connectivity index (χ0) is 18.7. The van der Waals surface area contributed by atoms with E-state index in [2.05, 4.69) is 39.7 Å². The van der Waals surface area contributed by atoms with Gasteiger partial charge in [-0.15, -0.1) is 0 Å². The lowest BCUT2D eigenvalue weighted by Gasteiger charge is -2.36. The van der Waals surface area contributed by atoms with E-state index >= 15 is 0 Å². The minimum atomic E-state index is -0.343. The first-order valence-corrected chi connectivity index (χ1v) is 9.42. The first-order chi connectivity index (χ1) is 12.5. The van der Waals surface area contributed by atoms with Gasteiger partial charge in [0.05, 0.1) is 5.69 Å². The van der Waals surface area contributed by atoms with Crippen molar-refractivity contribution < 1.29 is 9.59 Å². The van der Waals surface area contributed by atoms with E-state index in [4.69, 9.17) is 5.73 Å². The maximum atomic E-state index is 12.8. The molecule has 2 amide bonds. The molecular formula is C18H23N5O2S. The highest BCUT2D eigenvalue weighted by molar-refractivity contribution is 7.09. The van der Waals surface area contributed by atoms with E-state index in [-0.39, 0.29) is 23.2 Å². The summed E-state index contributed by atoms with van der Waals surface area (Å²) in [5.41, 5.74) is 8.71. The van der Waals surface area contributed by atoms with Gasteiger partial charge in [0.2, 0.25) is 0 Å². The minimum Gasteiger partial charge on any atom is -0.395 e. The van der Waals surface area contributed by atoms with Crippen LogP contribution in [0.25, 0.3) is 0 Å². The second-order valence-corrected chi connectivity index (χ2v) is 7.03. The van der Waals surface area contributed by atoms with Crippen molar-refractivity contribution in [1.29, 1.82) is 0 Å². The van der Waals surface area contributed by atoms with Crippen LogP contribution < -0.4 is 16.0 Å². The first-order valence-electron chi connectivity index (χ1n) is 8.65. The second-order valence-electron chi connectivity index (χ2n) is 6.25. The van der Waals surface area contributed by atoms with Gasteiger partial charge < -0.3 is 20.9 Å². The molecule has 0 atom stereocenters. The molecule has 0 bridgehead atoms. The Labute approximate surface area is 157 Å². The van der Waals surface area contributed by atoms with Gasteiger partial charge in [-0.1, -0.05) is 12.1 Å². The predicted molar refractivity (Wildman–Crippen MR) is 104 cm³/mol. The smallest absolute Gasteiger partial charge is 0.273 e. The van der Waals surface area contributed by atoms with Crippen LogP contribution >= 0.6 is 11.5 Å². The Hall–Kier alpha value is -2.61. The molecule has 1 aliphatic rings. The zero-order valence-electron chi connectivity index (χ0n) is 15.0. The summed E-state index contributed by atoms with van der Waals surface area (Å²) in [5.74, 6) is -0.496. The summed E-state index contributed by atoms with van der Waals surface area (Å²) in [6.45, 7) is 7.12. The molecule has 2 aromatic rings. The maximum Gasteiger partial charge on any atom is 0.273 e. The Kier molecular flexibility index (Phi) is 5.41. The average molecular weight is 373 g/mol. The summed E-state index contributed by atoms with van der Waals surface area (Å²) in [5, 5.41) is 2.66. The largest absolute Gasteiger partial charge is 0.395 e. The van der Waals surface area contributed by atoms with Crippen molar-refractivity contribution in [3.63, 3.8) is 0 Å². The fraction of sp³-hybridized carbons (Fsp3) is 0.389. The molecule has 2 heterocycles. The molecule has 7 nitrogen and oxygen atoms in total. The van der Waals surface area contributed by atoms with Crippen molar-refractivity contribution in [2.45, 2.75) is 13.8 Å². The number of hydrogen-bond donors (Lipinski definition) is 2. The molecule has 0 unspecified atom stereocenters. The van der Waals surface area contributed by atoms with Gasteiger partial charge in [-0.2, -0.15) is 4.37 Å². The summed E-state index contributed by atoms with van der Waals surface area (Å²) in [6, 6.07) is 8.35. The molecule has 0 spiro atoms. The van der Waals surface area contributed by atoms with Gasteiger partial charge in [-0.3, -0.25) is 9.59 Å². The van der Waals surface area contributed by atoms with Gasteiger partial charge in [-0.05, 0) is 43.1 Å². The van der Waals surface area contributed by atoms with E-state index in [1.54, 1.807) is 4.90 Å². The number of amides is 2. The van der Waals surface area contributed by atoms with Crippen molar-refractivity contribution in [3.05, 3.63) is 40.4 Å². The summed E-state index contributed by atoms with van der Waals surface area (Å²) in [7, 11) is 0. The highest BCUT2D eigenvalue weighted by Gasteiger charge is 2.28. The van der Waals surface area contributed by atoms with Crippen molar-refractivity contribution >= 4 is 34.7 Å². The second kappa shape index (κ2) is 7.74. The molecule has 3 N–H and O–H groups in total. The van der Waals surface area contributed by atoms with Crippen LogP contribution in [0.1, 0.15) is 32.6 Å². The fourth-order valence-corrected chi connectivity index (χ4v) is 3.76. The van der Waals surface area contributed by atoms with Crippen molar-refractivity contribution in [2.75, 3.05) is 43.4 Å². The highest BCUT2D eigenvalue weighted by Crippen LogP contribution is 2.25. The summed E-state index contributed by atoms with van der Waals surface area (Å²) < 4.78 is 4.07. The Morgan fingerprint density at radius 1 is 1.27 bits per heavy atom. The molecule has 0 saturated carbocycles. The number of aryl methyl sites for hydroxylation is 1. The van der Waals surface area contributed by atoms with E-state index in [1.807, 2.05) is 13.0 Å². The van der Waals surface area contributed by atoms with Crippen LogP contribution in [-0.4, -0.2) is 53.8 Å². The topological polar surface area (TPSA) is 91.6 Å². The average Bonchev–Trinajstić information content (AvgIpc) is 3.03. The minimum absolute atomic E-state index is 0.138.